The molecule has 0 fully saturated rings. The quantitative estimate of drug-likeness (QED) is 0.833. The smallest absolute Gasteiger partial charge is 0.138 e. The van der Waals surface area contributed by atoms with Gasteiger partial charge in [-0.15, -0.1) is 0 Å². The van der Waals surface area contributed by atoms with Crippen LogP contribution in [0.3, 0.4) is 0 Å². The average Bonchev–Trinajstić information content (AvgIpc) is 2.46. The van der Waals surface area contributed by atoms with Gasteiger partial charge in [0.1, 0.15) is 5.54 Å². The lowest BCUT2D eigenvalue weighted by molar-refractivity contribution is 0.217. The highest BCUT2D eigenvalue weighted by atomic mass is 15.1. The highest BCUT2D eigenvalue weighted by molar-refractivity contribution is 5.34. The molecule has 96 valence electrons. The van der Waals surface area contributed by atoms with Crippen molar-refractivity contribution in [1.29, 1.82) is 5.26 Å². The van der Waals surface area contributed by atoms with Crippen LogP contribution in [-0.2, 0) is 12.0 Å². The molecule has 2 aromatic carbocycles. The maximum Gasteiger partial charge on any atom is 0.138 e. The molecular weight excluding hydrogens is 232 g/mol. The largest absolute Gasteiger partial charge is 0.288 e. The SMILES string of the molecule is CN(C)C(C#N)(Cc1ccccc1)c1ccccc1. The van der Waals surface area contributed by atoms with E-state index in [2.05, 4.69) is 18.2 Å². The Labute approximate surface area is 114 Å². The zero-order chi connectivity index (χ0) is 13.7. The Bertz CT molecular complexity index is 555. The summed E-state index contributed by atoms with van der Waals surface area (Å²) in [7, 11) is 3.92. The first kappa shape index (κ1) is 13.3. The van der Waals surface area contributed by atoms with Gasteiger partial charge < -0.3 is 0 Å². The van der Waals surface area contributed by atoms with Crippen molar-refractivity contribution in [1.82, 2.24) is 4.90 Å². The first-order valence-electron chi connectivity index (χ1n) is 6.37. The van der Waals surface area contributed by atoms with Crippen LogP contribution in [0.5, 0.6) is 0 Å². The summed E-state index contributed by atoms with van der Waals surface area (Å²) in [6.07, 6.45) is 0.682. The van der Waals surface area contributed by atoms with E-state index in [0.29, 0.717) is 6.42 Å². The molecule has 0 N–H and O–H groups in total. The van der Waals surface area contributed by atoms with Crippen molar-refractivity contribution in [2.75, 3.05) is 14.1 Å². The maximum atomic E-state index is 9.77. The lowest BCUT2D eigenvalue weighted by Gasteiger charge is -2.34. The van der Waals surface area contributed by atoms with Gasteiger partial charge in [-0.1, -0.05) is 60.7 Å². The molecule has 0 aliphatic heterocycles. The maximum absolute atomic E-state index is 9.77. The highest BCUT2D eigenvalue weighted by Gasteiger charge is 2.34. The Balaban J connectivity index is 2.45. The van der Waals surface area contributed by atoms with Crippen LogP contribution in [-0.4, -0.2) is 19.0 Å². The summed E-state index contributed by atoms with van der Waals surface area (Å²) in [4.78, 5) is 2.00. The van der Waals surface area contributed by atoms with Crippen LogP contribution < -0.4 is 0 Å². The minimum absolute atomic E-state index is 0.622. The van der Waals surface area contributed by atoms with Crippen molar-refractivity contribution >= 4 is 0 Å². The van der Waals surface area contributed by atoms with Crippen LogP contribution >= 0.6 is 0 Å². The van der Waals surface area contributed by atoms with Gasteiger partial charge in [0.05, 0.1) is 6.07 Å². The molecule has 1 unspecified atom stereocenters. The van der Waals surface area contributed by atoms with E-state index in [1.165, 1.54) is 5.56 Å². The second-order valence-corrected chi connectivity index (χ2v) is 4.89. The number of hydrogen-bond acceptors (Lipinski definition) is 2. The first-order valence-corrected chi connectivity index (χ1v) is 6.37. The molecule has 2 heteroatoms. The summed E-state index contributed by atoms with van der Waals surface area (Å²) in [6, 6.07) is 22.6. The molecule has 19 heavy (non-hydrogen) atoms. The molecule has 0 bridgehead atoms. The van der Waals surface area contributed by atoms with E-state index in [0.717, 1.165) is 5.56 Å². The Morgan fingerprint density at radius 3 is 1.95 bits per heavy atom. The number of benzene rings is 2. The molecule has 2 aromatic rings. The Kier molecular flexibility index (Phi) is 3.99. The lowest BCUT2D eigenvalue weighted by atomic mass is 9.84. The van der Waals surface area contributed by atoms with Gasteiger partial charge in [-0.3, -0.25) is 4.90 Å². The summed E-state index contributed by atoms with van der Waals surface area (Å²) in [5.41, 5.74) is 1.58. The predicted octanol–water partition coefficient (Wildman–Crippen LogP) is 3.21. The van der Waals surface area contributed by atoms with Gasteiger partial charge in [0, 0.05) is 6.42 Å². The van der Waals surface area contributed by atoms with Crippen LogP contribution in [0.15, 0.2) is 60.7 Å². The van der Waals surface area contributed by atoms with Crippen molar-refractivity contribution in [2.45, 2.75) is 12.0 Å². The summed E-state index contributed by atoms with van der Waals surface area (Å²) in [5.74, 6) is 0. The van der Waals surface area contributed by atoms with E-state index < -0.39 is 5.54 Å². The molecular formula is C17H18N2. The van der Waals surface area contributed by atoms with Gasteiger partial charge in [0.25, 0.3) is 0 Å². The van der Waals surface area contributed by atoms with E-state index in [-0.39, 0.29) is 0 Å². The molecule has 0 aliphatic carbocycles. The van der Waals surface area contributed by atoms with Gasteiger partial charge in [-0.25, -0.2) is 0 Å². The van der Waals surface area contributed by atoms with Gasteiger partial charge in [0.2, 0.25) is 0 Å². The van der Waals surface area contributed by atoms with Crippen molar-refractivity contribution < 1.29 is 0 Å². The van der Waals surface area contributed by atoms with Crippen LogP contribution in [0.4, 0.5) is 0 Å². The lowest BCUT2D eigenvalue weighted by Crippen LogP contribution is -2.42. The Hall–Kier alpha value is -2.11. The Morgan fingerprint density at radius 1 is 0.947 bits per heavy atom. The van der Waals surface area contributed by atoms with Gasteiger partial charge in [-0.2, -0.15) is 5.26 Å². The van der Waals surface area contributed by atoms with Crippen molar-refractivity contribution in [3.63, 3.8) is 0 Å². The highest BCUT2D eigenvalue weighted by Crippen LogP contribution is 2.30. The molecule has 0 aromatic heterocycles. The average molecular weight is 250 g/mol. The van der Waals surface area contributed by atoms with Gasteiger partial charge in [0.15, 0.2) is 0 Å². The zero-order valence-electron chi connectivity index (χ0n) is 11.4. The minimum Gasteiger partial charge on any atom is -0.288 e. The zero-order valence-corrected chi connectivity index (χ0v) is 11.4. The van der Waals surface area contributed by atoms with Crippen LogP contribution in [0, 0.1) is 11.3 Å². The van der Waals surface area contributed by atoms with Crippen LogP contribution in [0.25, 0.3) is 0 Å². The van der Waals surface area contributed by atoms with Gasteiger partial charge in [-0.05, 0) is 25.2 Å². The summed E-state index contributed by atoms with van der Waals surface area (Å²) in [5, 5.41) is 9.77. The van der Waals surface area contributed by atoms with Crippen molar-refractivity contribution in [3.8, 4) is 6.07 Å². The number of rotatable bonds is 4. The third-order valence-electron chi connectivity index (χ3n) is 3.50. The standard InChI is InChI=1S/C17H18N2/c1-19(2)17(14-18,16-11-7-4-8-12-16)13-15-9-5-3-6-10-15/h3-12H,13H2,1-2H3. The molecule has 0 saturated carbocycles. The van der Waals surface area contributed by atoms with E-state index in [1.807, 2.05) is 67.5 Å². The fourth-order valence-electron chi connectivity index (χ4n) is 2.33. The molecule has 2 nitrogen and oxygen atoms in total. The molecule has 0 amide bonds. The third kappa shape index (κ3) is 2.67. The van der Waals surface area contributed by atoms with E-state index in [4.69, 9.17) is 0 Å². The fourth-order valence-corrected chi connectivity index (χ4v) is 2.33. The normalized spacial score (nSPS) is 13.8. The van der Waals surface area contributed by atoms with Crippen LogP contribution in [0.2, 0.25) is 0 Å². The minimum atomic E-state index is -0.622. The van der Waals surface area contributed by atoms with Gasteiger partial charge >= 0.3 is 0 Å². The second-order valence-electron chi connectivity index (χ2n) is 4.89. The van der Waals surface area contributed by atoms with E-state index in [1.54, 1.807) is 0 Å². The summed E-state index contributed by atoms with van der Waals surface area (Å²) >= 11 is 0. The molecule has 2 rings (SSSR count). The summed E-state index contributed by atoms with van der Waals surface area (Å²) in [6.45, 7) is 0. The molecule has 0 heterocycles. The fraction of sp³-hybridized carbons (Fsp3) is 0.235. The third-order valence-corrected chi connectivity index (χ3v) is 3.50. The van der Waals surface area contributed by atoms with E-state index >= 15 is 0 Å². The summed E-state index contributed by atoms with van der Waals surface area (Å²) < 4.78 is 0. The number of nitriles is 1. The Morgan fingerprint density at radius 2 is 1.47 bits per heavy atom. The monoisotopic (exact) mass is 250 g/mol. The van der Waals surface area contributed by atoms with Crippen LogP contribution in [0.1, 0.15) is 11.1 Å². The molecule has 0 radical (unpaired) electrons. The molecule has 0 aliphatic rings. The molecule has 0 spiro atoms. The predicted molar refractivity (Wildman–Crippen MR) is 77.6 cm³/mol. The topological polar surface area (TPSA) is 27.0 Å². The van der Waals surface area contributed by atoms with Crippen molar-refractivity contribution in [3.05, 3.63) is 71.8 Å². The second kappa shape index (κ2) is 5.69. The molecule has 0 saturated heterocycles. The molecule has 1 atom stereocenters. The number of likely N-dealkylation sites (N-methyl/N-ethyl adjacent to an activating group) is 1. The number of nitrogens with zero attached hydrogens (tertiary/aromatic N) is 2. The van der Waals surface area contributed by atoms with E-state index in [9.17, 15) is 5.26 Å². The van der Waals surface area contributed by atoms with Crippen molar-refractivity contribution in [2.24, 2.45) is 0 Å². The number of hydrogen-bond donors (Lipinski definition) is 0. The first-order chi connectivity index (χ1) is 9.19.